The molecule has 0 spiro atoms. The average molecular weight is 255 g/mol. The predicted octanol–water partition coefficient (Wildman–Crippen LogP) is 2.52. The summed E-state index contributed by atoms with van der Waals surface area (Å²) in [6, 6.07) is 5.77. The van der Waals surface area contributed by atoms with Crippen molar-refractivity contribution >= 4 is 23.0 Å². The van der Waals surface area contributed by atoms with Gasteiger partial charge in [0.05, 0.1) is 16.4 Å². The Bertz CT molecular complexity index is 382. The number of nitrogens with zero attached hydrogens (tertiary/aromatic N) is 1. The molecule has 1 aromatic rings. The number of nitrogens with two attached hydrogens (primary N) is 1. The minimum atomic E-state index is 0.267. The van der Waals surface area contributed by atoms with Gasteiger partial charge in [-0.2, -0.15) is 0 Å². The van der Waals surface area contributed by atoms with Gasteiger partial charge in [-0.05, 0) is 37.3 Å². The molecule has 1 aliphatic heterocycles. The third kappa shape index (κ3) is 2.85. The monoisotopic (exact) mass is 254 g/mol. The van der Waals surface area contributed by atoms with Crippen LogP contribution in [0.4, 0.5) is 11.4 Å². The second-order valence-electron chi connectivity index (χ2n) is 4.64. The highest BCUT2D eigenvalue weighted by molar-refractivity contribution is 6.33. The highest BCUT2D eigenvalue weighted by Crippen LogP contribution is 2.33. The molecule has 17 heavy (non-hydrogen) atoms. The molecule has 3 N–H and O–H groups in total. The van der Waals surface area contributed by atoms with Crippen LogP contribution in [0.25, 0.3) is 0 Å². The van der Waals surface area contributed by atoms with E-state index in [9.17, 15) is 0 Å². The minimum absolute atomic E-state index is 0.267. The SMILES string of the molecule is Nc1c(Cl)cccc1N1CCCC(CCO)C1. The maximum absolute atomic E-state index is 9.01. The zero-order valence-electron chi connectivity index (χ0n) is 9.90. The van der Waals surface area contributed by atoms with Crippen LogP contribution in [0.15, 0.2) is 18.2 Å². The lowest BCUT2D eigenvalue weighted by atomic mass is 9.94. The Hall–Kier alpha value is -0.930. The van der Waals surface area contributed by atoms with E-state index in [2.05, 4.69) is 4.90 Å². The third-order valence-electron chi connectivity index (χ3n) is 3.43. The number of para-hydroxylation sites is 1. The van der Waals surface area contributed by atoms with E-state index in [0.717, 1.165) is 31.6 Å². The van der Waals surface area contributed by atoms with Crippen LogP contribution in [0.5, 0.6) is 0 Å². The molecule has 1 unspecified atom stereocenters. The van der Waals surface area contributed by atoms with Crippen molar-refractivity contribution in [2.75, 3.05) is 30.3 Å². The Balaban J connectivity index is 2.13. The molecular formula is C13H19ClN2O. The zero-order valence-corrected chi connectivity index (χ0v) is 10.7. The molecule has 1 heterocycles. The van der Waals surface area contributed by atoms with Crippen molar-refractivity contribution < 1.29 is 5.11 Å². The molecule has 1 aromatic carbocycles. The van der Waals surface area contributed by atoms with Crippen molar-refractivity contribution in [3.05, 3.63) is 23.2 Å². The van der Waals surface area contributed by atoms with Crippen LogP contribution >= 0.6 is 11.6 Å². The Morgan fingerprint density at radius 2 is 2.29 bits per heavy atom. The van der Waals surface area contributed by atoms with Crippen LogP contribution < -0.4 is 10.6 Å². The molecule has 2 rings (SSSR count). The van der Waals surface area contributed by atoms with Crippen molar-refractivity contribution in [2.45, 2.75) is 19.3 Å². The molecule has 94 valence electrons. The van der Waals surface area contributed by atoms with Gasteiger partial charge in [0.1, 0.15) is 0 Å². The summed E-state index contributed by atoms with van der Waals surface area (Å²) in [7, 11) is 0. The lowest BCUT2D eigenvalue weighted by Crippen LogP contribution is -2.36. The summed E-state index contributed by atoms with van der Waals surface area (Å²) in [5.41, 5.74) is 7.70. The number of hydrogen-bond donors (Lipinski definition) is 2. The molecule has 1 aliphatic rings. The summed E-state index contributed by atoms with van der Waals surface area (Å²) in [5, 5.41) is 9.63. The molecule has 0 saturated carbocycles. The second-order valence-corrected chi connectivity index (χ2v) is 5.05. The van der Waals surface area contributed by atoms with E-state index < -0.39 is 0 Å². The van der Waals surface area contributed by atoms with Crippen molar-refractivity contribution in [2.24, 2.45) is 5.92 Å². The van der Waals surface area contributed by atoms with Gasteiger partial charge in [-0.1, -0.05) is 17.7 Å². The van der Waals surface area contributed by atoms with Gasteiger partial charge in [0.2, 0.25) is 0 Å². The smallest absolute Gasteiger partial charge is 0.0741 e. The van der Waals surface area contributed by atoms with Crippen molar-refractivity contribution in [1.82, 2.24) is 0 Å². The zero-order chi connectivity index (χ0) is 12.3. The molecule has 1 saturated heterocycles. The molecule has 1 fully saturated rings. The number of aliphatic hydroxyl groups excluding tert-OH is 1. The molecule has 0 amide bonds. The van der Waals surface area contributed by atoms with Gasteiger partial charge in [-0.3, -0.25) is 0 Å². The van der Waals surface area contributed by atoms with Crippen LogP contribution in [-0.2, 0) is 0 Å². The number of nitrogen functional groups attached to an aromatic ring is 1. The highest BCUT2D eigenvalue weighted by Gasteiger charge is 2.21. The summed E-state index contributed by atoms with van der Waals surface area (Å²) >= 11 is 6.04. The number of benzene rings is 1. The second kappa shape index (κ2) is 5.61. The quantitative estimate of drug-likeness (QED) is 0.815. The fourth-order valence-electron chi connectivity index (χ4n) is 2.50. The first kappa shape index (κ1) is 12.5. The standard InChI is InChI=1S/C13H19ClN2O/c14-11-4-1-5-12(13(11)15)16-7-2-3-10(9-16)6-8-17/h1,4-5,10,17H,2-3,6-9,15H2. The Morgan fingerprint density at radius 1 is 1.47 bits per heavy atom. The van der Waals surface area contributed by atoms with Crippen molar-refractivity contribution in [3.63, 3.8) is 0 Å². The van der Waals surface area contributed by atoms with Gasteiger partial charge in [0.15, 0.2) is 0 Å². The molecule has 0 aromatic heterocycles. The molecule has 0 bridgehead atoms. The Kier molecular flexibility index (Phi) is 4.13. The molecule has 0 aliphatic carbocycles. The largest absolute Gasteiger partial charge is 0.396 e. The van der Waals surface area contributed by atoms with E-state index in [-0.39, 0.29) is 6.61 Å². The molecule has 0 radical (unpaired) electrons. The lowest BCUT2D eigenvalue weighted by Gasteiger charge is -2.35. The Labute approximate surface area is 107 Å². The Morgan fingerprint density at radius 3 is 3.06 bits per heavy atom. The van der Waals surface area contributed by atoms with Crippen molar-refractivity contribution in [3.8, 4) is 0 Å². The maximum atomic E-state index is 9.01. The molecule has 4 heteroatoms. The topological polar surface area (TPSA) is 49.5 Å². The van der Waals surface area contributed by atoms with E-state index in [0.29, 0.717) is 16.6 Å². The number of piperidine rings is 1. The third-order valence-corrected chi connectivity index (χ3v) is 3.76. The van der Waals surface area contributed by atoms with Gasteiger partial charge in [-0.25, -0.2) is 0 Å². The normalized spacial score (nSPS) is 20.6. The van der Waals surface area contributed by atoms with Gasteiger partial charge in [0, 0.05) is 19.7 Å². The first-order valence-electron chi connectivity index (χ1n) is 6.12. The minimum Gasteiger partial charge on any atom is -0.396 e. The maximum Gasteiger partial charge on any atom is 0.0741 e. The average Bonchev–Trinajstić information content (AvgIpc) is 2.33. The van der Waals surface area contributed by atoms with Gasteiger partial charge >= 0.3 is 0 Å². The first-order chi connectivity index (χ1) is 8.22. The van der Waals surface area contributed by atoms with Gasteiger partial charge < -0.3 is 15.7 Å². The summed E-state index contributed by atoms with van der Waals surface area (Å²) < 4.78 is 0. The number of halogens is 1. The van der Waals surface area contributed by atoms with Crippen LogP contribution in [0, 0.1) is 5.92 Å². The number of rotatable bonds is 3. The summed E-state index contributed by atoms with van der Waals surface area (Å²) in [4.78, 5) is 2.28. The van der Waals surface area contributed by atoms with E-state index >= 15 is 0 Å². The lowest BCUT2D eigenvalue weighted by molar-refractivity contribution is 0.244. The van der Waals surface area contributed by atoms with Gasteiger partial charge in [-0.15, -0.1) is 0 Å². The fraction of sp³-hybridized carbons (Fsp3) is 0.538. The van der Waals surface area contributed by atoms with E-state index in [1.54, 1.807) is 0 Å². The number of aliphatic hydroxyl groups is 1. The number of hydrogen-bond acceptors (Lipinski definition) is 3. The molecule has 1 atom stereocenters. The van der Waals surface area contributed by atoms with Crippen LogP contribution in [0.2, 0.25) is 5.02 Å². The van der Waals surface area contributed by atoms with Crippen LogP contribution in [-0.4, -0.2) is 24.8 Å². The summed E-state index contributed by atoms with van der Waals surface area (Å²) in [6.07, 6.45) is 3.21. The van der Waals surface area contributed by atoms with E-state index in [4.69, 9.17) is 22.4 Å². The summed E-state index contributed by atoms with van der Waals surface area (Å²) in [5.74, 6) is 0.562. The highest BCUT2D eigenvalue weighted by atomic mass is 35.5. The molecular weight excluding hydrogens is 236 g/mol. The van der Waals surface area contributed by atoms with Crippen LogP contribution in [0.1, 0.15) is 19.3 Å². The van der Waals surface area contributed by atoms with E-state index in [1.165, 1.54) is 6.42 Å². The first-order valence-corrected chi connectivity index (χ1v) is 6.50. The number of anilines is 2. The van der Waals surface area contributed by atoms with E-state index in [1.807, 2.05) is 18.2 Å². The van der Waals surface area contributed by atoms with Crippen molar-refractivity contribution in [1.29, 1.82) is 0 Å². The van der Waals surface area contributed by atoms with Crippen LogP contribution in [0.3, 0.4) is 0 Å². The van der Waals surface area contributed by atoms with Gasteiger partial charge in [0.25, 0.3) is 0 Å². The molecule has 3 nitrogen and oxygen atoms in total. The predicted molar refractivity (Wildman–Crippen MR) is 72.5 cm³/mol. The fourth-order valence-corrected chi connectivity index (χ4v) is 2.67. The summed E-state index contributed by atoms with van der Waals surface area (Å²) in [6.45, 7) is 2.25.